The number of carbonyl (C=O) groups excluding carboxylic acids is 3. The number of rotatable bonds is 7. The molecule has 0 fully saturated rings. The molecule has 2 amide bonds. The molecule has 3 aromatic rings. The summed E-state index contributed by atoms with van der Waals surface area (Å²) < 4.78 is 4.95. The summed E-state index contributed by atoms with van der Waals surface area (Å²) in [5.74, 6) is -1.54. The smallest absolute Gasteiger partial charge is 0.306 e. The summed E-state index contributed by atoms with van der Waals surface area (Å²) in [6.45, 7) is -0.441. The Hall–Kier alpha value is -3.09. The minimum Gasteiger partial charge on any atom is -0.456 e. The number of hydrogen-bond donors (Lipinski definition) is 2. The second-order valence-corrected chi connectivity index (χ2v) is 7.17. The molecule has 0 aliphatic carbocycles. The van der Waals surface area contributed by atoms with Crippen molar-refractivity contribution in [3.63, 3.8) is 0 Å². The second-order valence-electron chi connectivity index (χ2n) is 6.39. The Bertz CT molecular complexity index is 1100. The lowest BCUT2D eigenvalue weighted by Gasteiger charge is -2.10. The maximum atomic E-state index is 12.1. The van der Waals surface area contributed by atoms with Gasteiger partial charge in [0.05, 0.1) is 22.2 Å². The minimum atomic E-state index is -0.657. The topological polar surface area (TPSA) is 84.5 Å². The molecule has 2 N–H and O–H groups in total. The van der Waals surface area contributed by atoms with Crippen molar-refractivity contribution in [3.05, 3.63) is 70.7 Å². The highest BCUT2D eigenvalue weighted by atomic mass is 35.5. The van der Waals surface area contributed by atoms with Crippen LogP contribution in [0.1, 0.15) is 12.8 Å². The molecule has 6 nitrogen and oxygen atoms in total. The molecule has 0 saturated carbocycles. The Balaban J connectivity index is 1.44. The number of fused-ring (bicyclic) bond motifs is 1. The molecule has 3 rings (SSSR count). The fraction of sp³-hybridized carbons (Fsp3) is 0.136. The van der Waals surface area contributed by atoms with Crippen molar-refractivity contribution < 1.29 is 19.1 Å². The minimum absolute atomic E-state index is 0.118. The van der Waals surface area contributed by atoms with Gasteiger partial charge in [0.25, 0.3) is 5.91 Å². The first kappa shape index (κ1) is 21.6. The van der Waals surface area contributed by atoms with Gasteiger partial charge in [-0.05, 0) is 23.6 Å². The third kappa shape index (κ3) is 5.72. The summed E-state index contributed by atoms with van der Waals surface area (Å²) in [7, 11) is 0. The molecule has 0 spiro atoms. The third-order valence-electron chi connectivity index (χ3n) is 4.21. The van der Waals surface area contributed by atoms with Gasteiger partial charge in [0.2, 0.25) is 5.91 Å². The third-order valence-corrected chi connectivity index (χ3v) is 5.03. The lowest BCUT2D eigenvalue weighted by atomic mass is 10.1. The summed E-state index contributed by atoms with van der Waals surface area (Å²) >= 11 is 11.9. The van der Waals surface area contributed by atoms with Gasteiger partial charge in [-0.2, -0.15) is 0 Å². The Morgan fingerprint density at radius 2 is 1.43 bits per heavy atom. The molecule has 0 atom stereocenters. The highest BCUT2D eigenvalue weighted by Crippen LogP contribution is 2.29. The molecule has 3 aromatic carbocycles. The van der Waals surface area contributed by atoms with Gasteiger partial charge in [-0.15, -0.1) is 0 Å². The van der Waals surface area contributed by atoms with Crippen molar-refractivity contribution in [1.29, 1.82) is 0 Å². The van der Waals surface area contributed by atoms with Crippen LogP contribution in [0.2, 0.25) is 10.0 Å². The van der Waals surface area contributed by atoms with Gasteiger partial charge < -0.3 is 15.4 Å². The molecule has 0 heterocycles. The van der Waals surface area contributed by atoms with Crippen molar-refractivity contribution in [1.82, 2.24) is 0 Å². The molecule has 0 aliphatic heterocycles. The molecule has 0 aromatic heterocycles. The maximum absolute atomic E-state index is 12.1. The lowest BCUT2D eigenvalue weighted by molar-refractivity contribution is -0.147. The van der Waals surface area contributed by atoms with Crippen LogP contribution in [0.25, 0.3) is 10.8 Å². The Kier molecular flexibility index (Phi) is 7.27. The van der Waals surface area contributed by atoms with E-state index in [0.29, 0.717) is 16.4 Å². The molecule has 8 heteroatoms. The fourth-order valence-electron chi connectivity index (χ4n) is 2.77. The number of ether oxygens (including phenoxy) is 1. The van der Waals surface area contributed by atoms with Gasteiger partial charge >= 0.3 is 5.97 Å². The number of anilines is 2. The Morgan fingerprint density at radius 1 is 0.767 bits per heavy atom. The summed E-state index contributed by atoms with van der Waals surface area (Å²) in [5, 5.41) is 7.71. The van der Waals surface area contributed by atoms with Crippen LogP contribution < -0.4 is 10.6 Å². The number of nitrogens with one attached hydrogen (secondary N) is 2. The number of carbonyl (C=O) groups is 3. The van der Waals surface area contributed by atoms with E-state index in [-0.39, 0.29) is 17.9 Å². The maximum Gasteiger partial charge on any atom is 0.306 e. The van der Waals surface area contributed by atoms with E-state index in [9.17, 15) is 14.4 Å². The predicted molar refractivity (Wildman–Crippen MR) is 118 cm³/mol. The van der Waals surface area contributed by atoms with Gasteiger partial charge in [0.1, 0.15) is 0 Å². The van der Waals surface area contributed by atoms with Gasteiger partial charge in [-0.1, -0.05) is 65.7 Å². The van der Waals surface area contributed by atoms with E-state index in [1.807, 2.05) is 36.4 Å². The van der Waals surface area contributed by atoms with Crippen LogP contribution in [0.5, 0.6) is 0 Å². The van der Waals surface area contributed by atoms with Gasteiger partial charge in [-0.25, -0.2) is 0 Å². The average Bonchev–Trinajstić information content (AvgIpc) is 2.74. The first-order valence-electron chi connectivity index (χ1n) is 9.11. The normalized spacial score (nSPS) is 10.5. The molecule has 0 saturated heterocycles. The molecule has 0 unspecified atom stereocenters. The second kappa shape index (κ2) is 10.1. The van der Waals surface area contributed by atoms with Gasteiger partial charge in [-0.3, -0.25) is 14.4 Å². The van der Waals surface area contributed by atoms with E-state index in [1.54, 1.807) is 24.3 Å². The van der Waals surface area contributed by atoms with Crippen molar-refractivity contribution in [2.45, 2.75) is 12.8 Å². The number of hydrogen-bond acceptors (Lipinski definition) is 4. The first-order chi connectivity index (χ1) is 14.4. The lowest BCUT2D eigenvalue weighted by Crippen LogP contribution is -2.22. The molecule has 0 radical (unpaired) electrons. The van der Waals surface area contributed by atoms with Crippen molar-refractivity contribution in [2.75, 3.05) is 17.2 Å². The van der Waals surface area contributed by atoms with Crippen molar-refractivity contribution in [2.24, 2.45) is 0 Å². The van der Waals surface area contributed by atoms with Crippen LogP contribution >= 0.6 is 23.2 Å². The van der Waals surface area contributed by atoms with Crippen molar-refractivity contribution >= 4 is 63.1 Å². The highest BCUT2D eigenvalue weighted by molar-refractivity contribution is 6.44. The molecular formula is C22H18Cl2N2O4. The average molecular weight is 445 g/mol. The number of amides is 2. The van der Waals surface area contributed by atoms with Crippen LogP contribution in [0.4, 0.5) is 11.4 Å². The van der Waals surface area contributed by atoms with Crippen LogP contribution in [0, 0.1) is 0 Å². The largest absolute Gasteiger partial charge is 0.456 e. The van der Waals surface area contributed by atoms with E-state index in [0.717, 1.165) is 10.8 Å². The summed E-state index contributed by atoms with van der Waals surface area (Å²) in [4.78, 5) is 36.0. The summed E-state index contributed by atoms with van der Waals surface area (Å²) in [6.07, 6.45) is -0.293. The molecular weight excluding hydrogens is 427 g/mol. The zero-order valence-electron chi connectivity index (χ0n) is 15.8. The van der Waals surface area contributed by atoms with Crippen LogP contribution in [0.15, 0.2) is 60.7 Å². The first-order valence-corrected chi connectivity index (χ1v) is 9.87. The van der Waals surface area contributed by atoms with Gasteiger partial charge in [0, 0.05) is 17.5 Å². The highest BCUT2D eigenvalue weighted by Gasteiger charge is 2.13. The van der Waals surface area contributed by atoms with Gasteiger partial charge in [0.15, 0.2) is 6.61 Å². The van der Waals surface area contributed by atoms with Crippen molar-refractivity contribution in [3.8, 4) is 0 Å². The summed E-state index contributed by atoms with van der Waals surface area (Å²) in [5.41, 5.74) is 0.990. The Labute approximate surface area is 183 Å². The van der Waals surface area contributed by atoms with E-state index in [2.05, 4.69) is 10.6 Å². The molecule has 0 aliphatic rings. The van der Waals surface area contributed by atoms with E-state index < -0.39 is 24.4 Å². The Morgan fingerprint density at radius 3 is 2.27 bits per heavy atom. The standard InChI is InChI=1S/C22H18Cl2N2O4/c23-16-8-4-10-18(22(16)24)26-19(27)11-12-21(29)30-13-20(28)25-17-9-3-6-14-5-1-2-7-15(14)17/h1-10H,11-13H2,(H,25,28)(H,26,27). The molecule has 154 valence electrons. The van der Waals surface area contributed by atoms with Crippen LogP contribution in [0.3, 0.4) is 0 Å². The monoisotopic (exact) mass is 444 g/mol. The van der Waals surface area contributed by atoms with E-state index in [4.69, 9.17) is 27.9 Å². The SMILES string of the molecule is O=C(CCC(=O)OCC(=O)Nc1cccc2ccccc12)Nc1cccc(Cl)c1Cl. The zero-order chi connectivity index (χ0) is 21.5. The van der Waals surface area contributed by atoms with E-state index >= 15 is 0 Å². The van der Waals surface area contributed by atoms with E-state index in [1.165, 1.54) is 0 Å². The quantitative estimate of drug-likeness (QED) is 0.499. The number of esters is 1. The number of halogens is 2. The molecule has 30 heavy (non-hydrogen) atoms. The number of benzene rings is 3. The zero-order valence-corrected chi connectivity index (χ0v) is 17.3. The van der Waals surface area contributed by atoms with Crippen LogP contribution in [-0.2, 0) is 19.1 Å². The predicted octanol–water partition coefficient (Wildman–Crippen LogP) is 5.05. The molecule has 0 bridgehead atoms. The fourth-order valence-corrected chi connectivity index (χ4v) is 3.12. The summed E-state index contributed by atoms with van der Waals surface area (Å²) in [6, 6.07) is 18.0. The van der Waals surface area contributed by atoms with Crippen LogP contribution in [-0.4, -0.2) is 24.4 Å².